The van der Waals surface area contributed by atoms with E-state index >= 15 is 0 Å². The summed E-state index contributed by atoms with van der Waals surface area (Å²) in [4.78, 5) is 23.2. The third-order valence-corrected chi connectivity index (χ3v) is 5.34. The average Bonchev–Trinajstić information content (AvgIpc) is 2.69. The quantitative estimate of drug-likeness (QED) is 0.131. The molecule has 0 aliphatic heterocycles. The Morgan fingerprint density at radius 2 is 1.27 bits per heavy atom. The summed E-state index contributed by atoms with van der Waals surface area (Å²) in [5.74, 6) is -1.55. The molecule has 0 spiro atoms. The zero-order valence-electron chi connectivity index (χ0n) is 22.9. The Balaban J connectivity index is 3.83. The van der Waals surface area contributed by atoms with Crippen LogP contribution in [0.25, 0.3) is 0 Å². The van der Waals surface area contributed by atoms with Crippen LogP contribution in [0.2, 0.25) is 0 Å². The number of aliphatic carboxylic acids is 1. The first-order valence-electron chi connectivity index (χ1n) is 13.7. The van der Waals surface area contributed by atoms with Crippen molar-refractivity contribution >= 4 is 11.9 Å². The predicted octanol–water partition coefficient (Wildman–Crippen LogP) is 6.34. The number of hydrogen-bond donors (Lipinski definition) is 1. The maximum absolute atomic E-state index is 12.1. The molecule has 0 bridgehead atoms. The van der Waals surface area contributed by atoms with Crippen molar-refractivity contribution < 1.29 is 28.0 Å². The lowest BCUT2D eigenvalue weighted by Crippen LogP contribution is -2.43. The number of hydrogen-bond acceptors (Lipinski definition) is 3. The highest BCUT2D eigenvalue weighted by Crippen LogP contribution is 2.14. The molecular formula is C25H50NO4+. The lowest BCUT2D eigenvalue weighted by molar-refractivity contribution is -0.873. The molecule has 0 rings (SSSR count). The van der Waals surface area contributed by atoms with E-state index in [4.69, 9.17) is 14.0 Å². The maximum atomic E-state index is 12.1. The normalized spacial score (nSPS) is 14.6. The molecule has 0 unspecified atom stereocenters. The van der Waals surface area contributed by atoms with Crippen molar-refractivity contribution in [1.29, 1.82) is 0 Å². The minimum Gasteiger partial charge on any atom is -0.481 e. The number of carbonyl (C=O) groups is 2. The van der Waals surface area contributed by atoms with E-state index in [1.807, 2.05) is 0 Å². The Labute approximate surface area is 190 Å². The number of carboxylic acid groups (broad SMARTS) is 1. The number of quaternary nitrogens is 1. The van der Waals surface area contributed by atoms with Gasteiger partial charge >= 0.3 is 11.9 Å². The topological polar surface area (TPSA) is 63.6 Å². The second-order valence-corrected chi connectivity index (χ2v) is 9.28. The molecular weight excluding hydrogens is 378 g/mol. The van der Waals surface area contributed by atoms with Gasteiger partial charge in [0.25, 0.3) is 0 Å². The van der Waals surface area contributed by atoms with Gasteiger partial charge in [0.2, 0.25) is 0 Å². The van der Waals surface area contributed by atoms with Gasteiger partial charge in [-0.1, -0.05) is 96.8 Å². The van der Waals surface area contributed by atoms with E-state index in [2.05, 4.69) is 6.92 Å². The van der Waals surface area contributed by atoms with Crippen LogP contribution in [0.15, 0.2) is 0 Å². The lowest BCUT2D eigenvalue weighted by Gasteiger charge is -2.28. The van der Waals surface area contributed by atoms with Crippen LogP contribution in [0.4, 0.5) is 0 Å². The summed E-state index contributed by atoms with van der Waals surface area (Å²) in [7, 11) is 2.98. The zero-order valence-corrected chi connectivity index (χ0v) is 19.9. The molecule has 0 amide bonds. The van der Waals surface area contributed by atoms with Gasteiger partial charge in [0.1, 0.15) is 6.54 Å². The molecule has 1 atom stereocenters. The van der Waals surface area contributed by atoms with Gasteiger partial charge in [0, 0.05) is 6.42 Å². The molecule has 0 aromatic carbocycles. The number of likely N-dealkylation sites (N-methyl/N-ethyl adjacent to an activating group) is 1. The van der Waals surface area contributed by atoms with E-state index < -0.39 is 29.5 Å². The van der Waals surface area contributed by atoms with E-state index in [-0.39, 0.29) is 19.4 Å². The number of esters is 1. The van der Waals surface area contributed by atoms with Crippen molar-refractivity contribution in [2.24, 2.45) is 0 Å². The van der Waals surface area contributed by atoms with E-state index in [1.54, 1.807) is 0 Å². The van der Waals surface area contributed by atoms with Crippen molar-refractivity contribution in [3.8, 4) is 0 Å². The van der Waals surface area contributed by atoms with Crippen LogP contribution in [-0.4, -0.2) is 55.2 Å². The molecule has 5 nitrogen and oxygen atoms in total. The molecule has 30 heavy (non-hydrogen) atoms. The minimum absolute atomic E-state index is 0.0621. The van der Waals surface area contributed by atoms with Gasteiger partial charge in [-0.3, -0.25) is 9.59 Å². The highest BCUT2D eigenvalue weighted by atomic mass is 16.5. The summed E-state index contributed by atoms with van der Waals surface area (Å²) in [6.45, 7) is -0.119. The molecule has 5 heteroatoms. The van der Waals surface area contributed by atoms with E-state index in [1.165, 1.54) is 91.1 Å². The molecule has 0 saturated heterocycles. The number of nitrogens with zero attached hydrogens (tertiary/aromatic N) is 1. The number of carboxylic acids is 1. The molecule has 0 fully saturated rings. The third-order valence-electron chi connectivity index (χ3n) is 5.34. The van der Waals surface area contributed by atoms with Crippen LogP contribution in [-0.2, 0) is 14.3 Å². The van der Waals surface area contributed by atoms with Gasteiger partial charge in [-0.25, -0.2) is 0 Å². The van der Waals surface area contributed by atoms with Crippen LogP contribution >= 0.6 is 0 Å². The van der Waals surface area contributed by atoms with Gasteiger partial charge in [0.05, 0.1) is 31.6 Å². The van der Waals surface area contributed by atoms with Gasteiger partial charge < -0.3 is 14.3 Å². The second-order valence-electron chi connectivity index (χ2n) is 9.28. The molecule has 178 valence electrons. The Morgan fingerprint density at radius 1 is 0.833 bits per heavy atom. The Morgan fingerprint density at radius 3 is 1.67 bits per heavy atom. The summed E-state index contributed by atoms with van der Waals surface area (Å²) in [5.41, 5.74) is 0. The predicted molar refractivity (Wildman–Crippen MR) is 125 cm³/mol. The molecule has 0 saturated carbocycles. The first-order valence-corrected chi connectivity index (χ1v) is 12.2. The molecule has 0 aliphatic carbocycles. The zero-order chi connectivity index (χ0) is 25.2. The number of rotatable bonds is 21. The molecule has 0 aliphatic rings. The Kier molecular flexibility index (Phi) is 14.6. The van der Waals surface area contributed by atoms with Gasteiger partial charge in [-0.2, -0.15) is 0 Å². The van der Waals surface area contributed by atoms with E-state index in [9.17, 15) is 9.59 Å². The number of carbonyl (C=O) groups excluding carboxylic acids is 1. The van der Waals surface area contributed by atoms with Crippen molar-refractivity contribution in [3.63, 3.8) is 0 Å². The fourth-order valence-electron chi connectivity index (χ4n) is 3.73. The average molecular weight is 432 g/mol. The van der Waals surface area contributed by atoms with Crippen molar-refractivity contribution in [3.05, 3.63) is 0 Å². The molecule has 0 aromatic heterocycles. The highest BCUT2D eigenvalue weighted by Gasteiger charge is 2.24. The standard InChI is InChI=1S/C25H49NO4/c1-5-6-7-8-9-10-11-12-13-14-15-16-17-18-19-20-25(29)30-23(21-24(27)28)22-26(2,3)4/h23H,5-22H2,1-4H3/p+1/t23-/m0/s1/i2D3. The van der Waals surface area contributed by atoms with Crippen molar-refractivity contribution in [2.75, 3.05) is 27.6 Å². The lowest BCUT2D eigenvalue weighted by atomic mass is 10.0. The first-order chi connectivity index (χ1) is 15.5. The van der Waals surface area contributed by atoms with Gasteiger partial charge in [-0.15, -0.1) is 0 Å². The highest BCUT2D eigenvalue weighted by molar-refractivity contribution is 5.71. The van der Waals surface area contributed by atoms with Crippen LogP contribution in [0.1, 0.15) is 120 Å². The SMILES string of the molecule is [2H]C([2H])([2H])[N+](C)(C)C[C@H](CC(=O)O)OC(=O)CCCCCCCCCCCCCCCCC. The first kappa shape index (κ1) is 23.6. The van der Waals surface area contributed by atoms with E-state index in [0.717, 1.165) is 12.8 Å². The number of ether oxygens (including phenoxy) is 1. The van der Waals surface area contributed by atoms with Gasteiger partial charge in [0.15, 0.2) is 6.10 Å². The van der Waals surface area contributed by atoms with E-state index in [0.29, 0.717) is 6.42 Å². The van der Waals surface area contributed by atoms with Crippen molar-refractivity contribution in [2.45, 2.75) is 122 Å². The summed E-state index contributed by atoms with van der Waals surface area (Å²) < 4.78 is 27.7. The Hall–Kier alpha value is -1.10. The minimum atomic E-state index is -2.31. The fourth-order valence-corrected chi connectivity index (χ4v) is 3.73. The summed E-state index contributed by atoms with van der Waals surface area (Å²) in [6.07, 6.45) is 17.6. The smallest absolute Gasteiger partial charge is 0.307 e. The van der Waals surface area contributed by atoms with Crippen molar-refractivity contribution in [1.82, 2.24) is 0 Å². The molecule has 0 heterocycles. The van der Waals surface area contributed by atoms with Crippen LogP contribution in [0, 0.1) is 0 Å². The third kappa shape index (κ3) is 21.6. The van der Waals surface area contributed by atoms with Crippen LogP contribution in [0.3, 0.4) is 0 Å². The second kappa shape index (κ2) is 18.7. The van der Waals surface area contributed by atoms with Crippen LogP contribution < -0.4 is 0 Å². The Bertz CT molecular complexity index is 524. The molecule has 1 N–H and O–H groups in total. The largest absolute Gasteiger partial charge is 0.481 e. The fraction of sp³-hybridized carbons (Fsp3) is 0.920. The summed E-state index contributed by atoms with van der Waals surface area (Å²) in [6, 6.07) is 0. The van der Waals surface area contributed by atoms with Gasteiger partial charge in [-0.05, 0) is 6.42 Å². The summed E-state index contributed by atoms with van der Waals surface area (Å²) in [5, 5.41) is 9.07. The molecule has 0 radical (unpaired) electrons. The summed E-state index contributed by atoms with van der Waals surface area (Å²) >= 11 is 0. The monoisotopic (exact) mass is 431 g/mol. The molecule has 0 aromatic rings. The maximum Gasteiger partial charge on any atom is 0.307 e. The van der Waals surface area contributed by atoms with Crippen LogP contribution in [0.5, 0.6) is 0 Å². The number of unbranched alkanes of at least 4 members (excludes halogenated alkanes) is 14.